The van der Waals surface area contributed by atoms with Gasteiger partial charge in [-0.2, -0.15) is 0 Å². The normalized spacial score (nSPS) is 22.9. The van der Waals surface area contributed by atoms with Crippen LogP contribution in [0.25, 0.3) is 22.3 Å². The average molecular weight is 895 g/mol. The molecular weight excluding hydrogens is 848 g/mol. The molecule has 3 saturated carbocycles. The van der Waals surface area contributed by atoms with Crippen molar-refractivity contribution in [3.05, 3.63) is 189 Å². The molecular formula is C55H46Br2N2. The predicted octanol–water partition coefficient (Wildman–Crippen LogP) is 17.0. The summed E-state index contributed by atoms with van der Waals surface area (Å²) in [5.41, 5.74) is 19.0. The van der Waals surface area contributed by atoms with Gasteiger partial charge < -0.3 is 9.80 Å². The maximum Gasteiger partial charge on any atom is 0.0482 e. The zero-order chi connectivity index (χ0) is 39.2. The molecule has 59 heavy (non-hydrogen) atoms. The topological polar surface area (TPSA) is 6.48 Å². The molecule has 4 bridgehead atoms. The van der Waals surface area contributed by atoms with E-state index in [-0.39, 0.29) is 0 Å². The van der Waals surface area contributed by atoms with E-state index in [1.54, 1.807) is 22.3 Å². The third-order valence-electron chi connectivity index (χ3n) is 14.8. The molecule has 0 radical (unpaired) electrons. The first-order valence-corrected chi connectivity index (χ1v) is 23.3. The molecule has 0 heterocycles. The molecule has 0 amide bonds. The molecule has 1 spiro atoms. The number of halogens is 2. The number of rotatable bonds is 8. The van der Waals surface area contributed by atoms with E-state index < -0.39 is 0 Å². The Hall–Kier alpha value is -4.90. The molecule has 7 aromatic rings. The van der Waals surface area contributed by atoms with Gasteiger partial charge in [-0.05, 0) is 216 Å². The van der Waals surface area contributed by atoms with E-state index in [1.165, 1.54) is 73.6 Å². The lowest BCUT2D eigenvalue weighted by Gasteiger charge is -2.38. The van der Waals surface area contributed by atoms with Crippen LogP contribution in [0.15, 0.2) is 167 Å². The fraction of sp³-hybridized carbons (Fsp3) is 0.236. The zero-order valence-corrected chi connectivity index (χ0v) is 36.3. The minimum Gasteiger partial charge on any atom is -0.310 e. The van der Waals surface area contributed by atoms with Crippen molar-refractivity contribution in [2.45, 2.75) is 75.0 Å². The number of benzene rings is 7. The molecule has 4 heteroatoms. The number of hydrogen-bond donors (Lipinski definition) is 0. The van der Waals surface area contributed by atoms with Gasteiger partial charge in [-0.25, -0.2) is 0 Å². The van der Waals surface area contributed by atoms with Crippen molar-refractivity contribution in [2.75, 3.05) is 9.80 Å². The van der Waals surface area contributed by atoms with Gasteiger partial charge >= 0.3 is 0 Å². The summed E-state index contributed by atoms with van der Waals surface area (Å²) in [5.74, 6) is 3.00. The molecule has 3 atom stereocenters. The van der Waals surface area contributed by atoms with Gasteiger partial charge in [0.25, 0.3) is 0 Å². The van der Waals surface area contributed by atoms with Gasteiger partial charge in [-0.1, -0.05) is 98.6 Å². The largest absolute Gasteiger partial charge is 0.310 e. The SMILES string of the molecule is Brc1ccc(N(c2cccc(-c3ccc4c(c3)C3CCC4CC3)c2)c2cccc(N(c3ccc(Br)cc3)c3cccc(-c4ccc5c(c4)C4CCC6(C4)CC56)c3)c2)cc1. The highest BCUT2D eigenvalue weighted by Gasteiger charge is 2.61. The monoisotopic (exact) mass is 892 g/mol. The smallest absolute Gasteiger partial charge is 0.0482 e. The van der Waals surface area contributed by atoms with E-state index in [1.807, 2.05) is 0 Å². The summed E-state index contributed by atoms with van der Waals surface area (Å²) in [6.07, 6.45) is 11.0. The first-order chi connectivity index (χ1) is 29.0. The Morgan fingerprint density at radius 3 is 1.39 bits per heavy atom. The van der Waals surface area contributed by atoms with Crippen LogP contribution in [0.5, 0.6) is 0 Å². The Labute approximate surface area is 365 Å². The molecule has 13 rings (SSSR count). The minimum atomic E-state index is 0.649. The third kappa shape index (κ3) is 6.24. The Balaban J connectivity index is 0.945. The molecule has 0 aromatic heterocycles. The van der Waals surface area contributed by atoms with Gasteiger partial charge in [0.15, 0.2) is 0 Å². The Bertz CT molecular complexity index is 2750. The highest BCUT2D eigenvalue weighted by atomic mass is 79.9. The highest BCUT2D eigenvalue weighted by molar-refractivity contribution is 9.10. The maximum atomic E-state index is 3.71. The van der Waals surface area contributed by atoms with Crippen molar-refractivity contribution in [2.24, 2.45) is 5.41 Å². The maximum absolute atomic E-state index is 3.71. The summed E-state index contributed by atoms with van der Waals surface area (Å²) < 4.78 is 2.13. The zero-order valence-electron chi connectivity index (χ0n) is 33.1. The number of nitrogens with zero attached hydrogens (tertiary/aromatic N) is 2. The van der Waals surface area contributed by atoms with E-state index in [2.05, 4.69) is 199 Å². The van der Waals surface area contributed by atoms with Crippen molar-refractivity contribution in [3.63, 3.8) is 0 Å². The number of anilines is 6. The molecule has 3 fully saturated rings. The third-order valence-corrected chi connectivity index (χ3v) is 15.9. The van der Waals surface area contributed by atoms with Gasteiger partial charge in [-0.3, -0.25) is 0 Å². The van der Waals surface area contributed by atoms with Crippen LogP contribution >= 0.6 is 31.9 Å². The van der Waals surface area contributed by atoms with Crippen LogP contribution in [-0.2, 0) is 0 Å². The standard InChI is InChI=1S/C55H46Br2N2/c56-42-16-20-44(21-17-42)58(46-6-1-4-37(28-46)39-14-24-50-35-10-12-36(13-11-35)52(50)30-39)48-8-3-9-49(32-48)59(45-22-18-43(57)19-23-45)47-7-2-5-38(29-47)40-15-25-51-53(31-40)41-26-27-55(33-41)34-54(51)55/h1-9,14-25,28-32,35-36,41,54H,10-13,26-27,33-34H2. The van der Waals surface area contributed by atoms with E-state index in [0.717, 1.165) is 60.8 Å². The van der Waals surface area contributed by atoms with Crippen LogP contribution in [0.1, 0.15) is 97.3 Å². The first-order valence-electron chi connectivity index (χ1n) is 21.7. The van der Waals surface area contributed by atoms with Gasteiger partial charge in [0.05, 0.1) is 0 Å². The number of hydrogen-bond acceptors (Lipinski definition) is 2. The minimum absolute atomic E-state index is 0.649. The molecule has 290 valence electrons. The van der Waals surface area contributed by atoms with Crippen molar-refractivity contribution in [1.29, 1.82) is 0 Å². The molecule has 2 nitrogen and oxygen atoms in total. The van der Waals surface area contributed by atoms with Crippen molar-refractivity contribution < 1.29 is 0 Å². The van der Waals surface area contributed by atoms with Crippen LogP contribution < -0.4 is 9.80 Å². The van der Waals surface area contributed by atoms with Crippen LogP contribution in [0.2, 0.25) is 0 Å². The second-order valence-electron chi connectivity index (χ2n) is 18.0. The summed E-state index contributed by atoms with van der Waals surface area (Å²) in [6.45, 7) is 0. The predicted molar refractivity (Wildman–Crippen MR) is 252 cm³/mol. The van der Waals surface area contributed by atoms with Crippen LogP contribution in [0, 0.1) is 5.41 Å². The lowest BCUT2D eigenvalue weighted by molar-refractivity contribution is 0.359. The van der Waals surface area contributed by atoms with E-state index in [9.17, 15) is 0 Å². The van der Waals surface area contributed by atoms with Gasteiger partial charge in [0.2, 0.25) is 0 Å². The van der Waals surface area contributed by atoms with Gasteiger partial charge in [0, 0.05) is 43.1 Å². The van der Waals surface area contributed by atoms with Gasteiger partial charge in [-0.15, -0.1) is 0 Å². The quantitative estimate of drug-likeness (QED) is 0.150. The fourth-order valence-corrected chi connectivity index (χ4v) is 12.4. The summed E-state index contributed by atoms with van der Waals surface area (Å²) in [7, 11) is 0. The Morgan fingerprint density at radius 2 is 0.831 bits per heavy atom. The summed E-state index contributed by atoms with van der Waals surface area (Å²) >= 11 is 7.41. The van der Waals surface area contributed by atoms with E-state index in [4.69, 9.17) is 0 Å². The van der Waals surface area contributed by atoms with Crippen molar-refractivity contribution in [3.8, 4) is 22.3 Å². The Morgan fingerprint density at radius 1 is 0.373 bits per heavy atom. The molecule has 0 aliphatic heterocycles. The summed E-state index contributed by atoms with van der Waals surface area (Å²) in [6, 6.07) is 59.5. The molecule has 6 aliphatic carbocycles. The molecule has 0 saturated heterocycles. The second kappa shape index (κ2) is 14.1. The second-order valence-corrected chi connectivity index (χ2v) is 19.9. The molecule has 3 unspecified atom stereocenters. The molecule has 6 aliphatic rings. The lowest BCUT2D eigenvalue weighted by atomic mass is 9.66. The van der Waals surface area contributed by atoms with Crippen LogP contribution in [0.4, 0.5) is 34.1 Å². The van der Waals surface area contributed by atoms with Crippen LogP contribution in [-0.4, -0.2) is 0 Å². The average Bonchev–Trinajstić information content (AvgIpc) is 3.89. The van der Waals surface area contributed by atoms with Gasteiger partial charge in [0.1, 0.15) is 0 Å². The Kier molecular flexibility index (Phi) is 8.60. The van der Waals surface area contributed by atoms with Crippen molar-refractivity contribution >= 4 is 66.0 Å². The summed E-state index contributed by atoms with van der Waals surface area (Å²) in [5, 5.41) is 0. The van der Waals surface area contributed by atoms with E-state index >= 15 is 0 Å². The lowest BCUT2D eigenvalue weighted by Crippen LogP contribution is -2.21. The summed E-state index contributed by atoms with van der Waals surface area (Å²) in [4.78, 5) is 4.81. The van der Waals surface area contributed by atoms with E-state index in [0.29, 0.717) is 11.3 Å². The van der Waals surface area contributed by atoms with Crippen LogP contribution in [0.3, 0.4) is 0 Å². The van der Waals surface area contributed by atoms with Crippen molar-refractivity contribution in [1.82, 2.24) is 0 Å². The highest BCUT2D eigenvalue weighted by Crippen LogP contribution is 2.74. The first kappa shape index (κ1) is 36.0. The number of fused-ring (bicyclic) bond motifs is 6. The fourth-order valence-electron chi connectivity index (χ4n) is 11.8. The molecule has 7 aromatic carbocycles. The molecule has 0 N–H and O–H groups in total.